The third-order valence-corrected chi connectivity index (χ3v) is 4.81. The molecule has 1 aliphatic heterocycles. The lowest BCUT2D eigenvalue weighted by atomic mass is 10.0. The summed E-state index contributed by atoms with van der Waals surface area (Å²) in [7, 11) is 2.02. The molecule has 0 amide bonds. The first-order valence-electron chi connectivity index (χ1n) is 9.55. The first-order chi connectivity index (χ1) is 12.9. The molecule has 0 aliphatic carbocycles. The molecule has 146 valence electrons. The van der Waals surface area contributed by atoms with Crippen LogP contribution in [0.3, 0.4) is 0 Å². The predicted octanol–water partition coefficient (Wildman–Crippen LogP) is 4.09. The third-order valence-electron chi connectivity index (χ3n) is 4.81. The Morgan fingerprint density at radius 1 is 1.33 bits per heavy atom. The maximum atomic E-state index is 12.2. The molecule has 0 spiro atoms. The summed E-state index contributed by atoms with van der Waals surface area (Å²) in [6.45, 7) is 13.1. The molecule has 0 radical (unpaired) electrons. The molecule has 1 aliphatic rings. The molecule has 1 atom stereocenters. The molecule has 0 saturated carbocycles. The first kappa shape index (κ1) is 20.9. The van der Waals surface area contributed by atoms with Gasteiger partial charge in [0.15, 0.2) is 0 Å². The number of carbonyl (C=O) groups is 1. The highest BCUT2D eigenvalue weighted by Gasteiger charge is 2.32. The predicted molar refractivity (Wildman–Crippen MR) is 109 cm³/mol. The van der Waals surface area contributed by atoms with Crippen LogP contribution in [-0.2, 0) is 16.1 Å². The number of esters is 1. The van der Waals surface area contributed by atoms with E-state index in [2.05, 4.69) is 60.6 Å². The average Bonchev–Trinajstić information content (AvgIpc) is 2.94. The zero-order chi connectivity index (χ0) is 20.0. The highest BCUT2D eigenvalue weighted by molar-refractivity contribution is 5.93. The Labute approximate surface area is 163 Å². The molecule has 5 nitrogen and oxygen atoms in total. The van der Waals surface area contributed by atoms with Crippen LogP contribution >= 0.6 is 0 Å². The van der Waals surface area contributed by atoms with Crippen LogP contribution in [0.15, 0.2) is 48.3 Å². The molecule has 0 saturated heterocycles. The number of carbonyl (C=O) groups excluding carboxylic acids is 1. The molecule has 0 aromatic carbocycles. The van der Waals surface area contributed by atoms with Gasteiger partial charge >= 0.3 is 5.97 Å². The number of unbranched alkanes of at least 4 members (excludes halogenated alkanes) is 1. The molecule has 0 bridgehead atoms. The molecule has 2 heterocycles. The largest absolute Gasteiger partial charge is 0.462 e. The fourth-order valence-corrected chi connectivity index (χ4v) is 2.99. The van der Waals surface area contributed by atoms with Gasteiger partial charge in [-0.15, -0.1) is 0 Å². The van der Waals surface area contributed by atoms with E-state index in [0.29, 0.717) is 18.7 Å². The zero-order valence-corrected chi connectivity index (χ0v) is 17.2. The van der Waals surface area contributed by atoms with E-state index in [4.69, 9.17) is 4.74 Å². The average molecular weight is 370 g/mol. The number of likely N-dealkylation sites (N-methyl/N-ethyl adjacent to an activating group) is 1. The smallest absolute Gasteiger partial charge is 0.337 e. The fourth-order valence-electron chi connectivity index (χ4n) is 2.99. The van der Waals surface area contributed by atoms with E-state index in [-0.39, 0.29) is 12.0 Å². The number of aryl methyl sites for hydroxylation is 2. The molecule has 1 unspecified atom stereocenters. The van der Waals surface area contributed by atoms with Crippen molar-refractivity contribution in [1.29, 1.82) is 0 Å². The monoisotopic (exact) mass is 369 g/mol. The van der Waals surface area contributed by atoms with Crippen molar-refractivity contribution >= 4 is 5.97 Å². The van der Waals surface area contributed by atoms with Crippen LogP contribution in [0.2, 0.25) is 0 Å². The molecule has 0 N–H and O–H groups in total. The third kappa shape index (κ3) is 5.07. The zero-order valence-electron chi connectivity index (χ0n) is 17.2. The number of pyridine rings is 1. The minimum absolute atomic E-state index is 0.0417. The second-order valence-corrected chi connectivity index (χ2v) is 6.88. The molecule has 2 rings (SSSR count). The van der Waals surface area contributed by atoms with Gasteiger partial charge < -0.3 is 9.75 Å². The normalized spacial score (nSPS) is 17.4. The molecule has 5 heteroatoms. The quantitative estimate of drug-likeness (QED) is 0.392. The van der Waals surface area contributed by atoms with E-state index in [0.717, 1.165) is 24.1 Å². The highest BCUT2D eigenvalue weighted by atomic mass is 16.5. The van der Waals surface area contributed by atoms with Crippen LogP contribution in [0.25, 0.3) is 0 Å². The summed E-state index contributed by atoms with van der Waals surface area (Å²) in [5.41, 5.74) is 4.67. The van der Waals surface area contributed by atoms with E-state index in [1.54, 1.807) is 6.92 Å². The summed E-state index contributed by atoms with van der Waals surface area (Å²) in [6, 6.07) is 2.07. The van der Waals surface area contributed by atoms with Gasteiger partial charge in [0.1, 0.15) is 0 Å². The van der Waals surface area contributed by atoms with Crippen LogP contribution < -0.4 is 0 Å². The molecular weight excluding hydrogens is 338 g/mol. The Balaban J connectivity index is 2.27. The lowest BCUT2D eigenvalue weighted by molar-refractivity contribution is -0.138. The van der Waals surface area contributed by atoms with Gasteiger partial charge in [-0.2, -0.15) is 0 Å². The van der Waals surface area contributed by atoms with Gasteiger partial charge in [0.2, 0.25) is 0 Å². The SMILES string of the molecule is C=C(C(=O)OCC)C1=CN(Cc2cc(C)c(C)cn2)N(C)C1/C=C\CCC. The lowest BCUT2D eigenvalue weighted by Crippen LogP contribution is -2.37. The Morgan fingerprint density at radius 2 is 2.07 bits per heavy atom. The van der Waals surface area contributed by atoms with E-state index in [9.17, 15) is 4.79 Å². The summed E-state index contributed by atoms with van der Waals surface area (Å²) in [5.74, 6) is -0.364. The molecular formula is C22H31N3O2. The van der Waals surface area contributed by atoms with Gasteiger partial charge in [0, 0.05) is 25.0 Å². The van der Waals surface area contributed by atoms with Gasteiger partial charge in [-0.1, -0.05) is 32.1 Å². The van der Waals surface area contributed by atoms with Crippen LogP contribution in [0.4, 0.5) is 0 Å². The second-order valence-electron chi connectivity index (χ2n) is 6.88. The van der Waals surface area contributed by atoms with Crippen LogP contribution in [0.5, 0.6) is 0 Å². The Morgan fingerprint density at radius 3 is 2.70 bits per heavy atom. The van der Waals surface area contributed by atoms with E-state index in [1.165, 1.54) is 11.1 Å². The first-order valence-corrected chi connectivity index (χ1v) is 9.55. The molecule has 1 aromatic heterocycles. The standard InChI is InChI=1S/C22H31N3O2/c1-7-9-10-11-21-20(18(5)22(26)27-8-2)15-25(24(21)6)14-19-12-16(3)17(4)13-23-19/h10-13,15,21H,5,7-9,14H2,1-4,6H3/b11-10-. The van der Waals surface area contributed by atoms with Crippen molar-refractivity contribution < 1.29 is 9.53 Å². The van der Waals surface area contributed by atoms with E-state index < -0.39 is 0 Å². The highest BCUT2D eigenvalue weighted by Crippen LogP contribution is 2.29. The number of hydrogen-bond acceptors (Lipinski definition) is 5. The summed E-state index contributed by atoms with van der Waals surface area (Å²) < 4.78 is 5.15. The Bertz CT molecular complexity index is 752. The van der Waals surface area contributed by atoms with Crippen molar-refractivity contribution in [1.82, 2.24) is 15.0 Å². The molecule has 0 fully saturated rings. The van der Waals surface area contributed by atoms with E-state index in [1.807, 2.05) is 19.4 Å². The van der Waals surface area contributed by atoms with Gasteiger partial charge in [-0.25, -0.2) is 9.80 Å². The molecule has 27 heavy (non-hydrogen) atoms. The topological polar surface area (TPSA) is 45.7 Å². The minimum atomic E-state index is -0.364. The number of rotatable bonds is 8. The maximum absolute atomic E-state index is 12.2. The van der Waals surface area contributed by atoms with Gasteiger partial charge in [-0.3, -0.25) is 4.98 Å². The van der Waals surface area contributed by atoms with Crippen molar-refractivity contribution in [2.75, 3.05) is 13.7 Å². The second kappa shape index (κ2) is 9.51. The van der Waals surface area contributed by atoms with Crippen molar-refractivity contribution in [2.24, 2.45) is 0 Å². The number of nitrogens with zero attached hydrogens (tertiary/aromatic N) is 3. The van der Waals surface area contributed by atoms with Gasteiger partial charge in [-0.05, 0) is 44.4 Å². The van der Waals surface area contributed by atoms with Crippen molar-refractivity contribution in [3.8, 4) is 0 Å². The van der Waals surface area contributed by atoms with Gasteiger partial charge in [0.05, 0.1) is 30.5 Å². The summed E-state index contributed by atoms with van der Waals surface area (Å²) in [4.78, 5) is 16.8. The Kier molecular flexibility index (Phi) is 7.36. The van der Waals surface area contributed by atoms with Crippen LogP contribution in [0.1, 0.15) is 43.5 Å². The minimum Gasteiger partial charge on any atom is -0.462 e. The number of hydrazine groups is 1. The summed E-state index contributed by atoms with van der Waals surface area (Å²) >= 11 is 0. The fraction of sp³-hybridized carbons (Fsp3) is 0.455. The lowest BCUT2D eigenvalue weighted by Gasteiger charge is -2.29. The van der Waals surface area contributed by atoms with Crippen LogP contribution in [-0.4, -0.2) is 40.7 Å². The number of aromatic nitrogens is 1. The summed E-state index contributed by atoms with van der Waals surface area (Å²) in [5, 5.41) is 4.20. The molecule has 1 aromatic rings. The number of hydrogen-bond donors (Lipinski definition) is 0. The summed E-state index contributed by atoms with van der Waals surface area (Å²) in [6.07, 6.45) is 10.3. The van der Waals surface area contributed by atoms with Crippen molar-refractivity contribution in [2.45, 2.75) is 53.1 Å². The number of ether oxygens (including phenoxy) is 1. The van der Waals surface area contributed by atoms with Crippen LogP contribution in [0, 0.1) is 13.8 Å². The van der Waals surface area contributed by atoms with E-state index >= 15 is 0 Å². The number of allylic oxidation sites excluding steroid dienone is 1. The Hall–Kier alpha value is -2.40. The van der Waals surface area contributed by atoms with Crippen molar-refractivity contribution in [3.05, 3.63) is 65.2 Å². The van der Waals surface area contributed by atoms with Crippen molar-refractivity contribution in [3.63, 3.8) is 0 Å². The maximum Gasteiger partial charge on any atom is 0.337 e. The van der Waals surface area contributed by atoms with Gasteiger partial charge in [0.25, 0.3) is 0 Å².